The van der Waals surface area contributed by atoms with Crippen LogP contribution in [0.2, 0.25) is 0 Å². The van der Waals surface area contributed by atoms with E-state index in [2.05, 4.69) is 0 Å². The number of carbonyl (C=O) groups excluding carboxylic acids is 2. The van der Waals surface area contributed by atoms with Gasteiger partial charge >= 0.3 is 11.8 Å². The van der Waals surface area contributed by atoms with Crippen molar-refractivity contribution >= 4 is 17.7 Å². The maximum Gasteiger partial charge on any atom is 0.410 e. The van der Waals surface area contributed by atoms with E-state index in [0.717, 1.165) is 0 Å². The van der Waals surface area contributed by atoms with Gasteiger partial charge in [0, 0.05) is 44.1 Å². The molecule has 2 aliphatic rings. The number of benzene rings is 1. The molecule has 2 amide bonds. The molecule has 0 N–H and O–H groups in total. The lowest BCUT2D eigenvalue weighted by Crippen LogP contribution is -2.39. The van der Waals surface area contributed by atoms with Gasteiger partial charge in [0.15, 0.2) is 12.4 Å². The quantitative estimate of drug-likeness (QED) is 0.576. The highest BCUT2D eigenvalue weighted by molar-refractivity contribution is 5.78. The standard InChI is InChI=1S/C19H25N3O6/c1-19(2,3)28-18(24)21-10-13-8-20(9-14(13)11-21)17(23)12-27-16-7-5-4-6-15(16)22(25)26/h4-7,13-14H,8-12H2,1-3H3/t13-,14+. The van der Waals surface area contributed by atoms with Gasteiger partial charge in [0.1, 0.15) is 5.60 Å². The molecular formula is C19H25N3O6. The molecule has 0 saturated carbocycles. The molecule has 2 aliphatic heterocycles. The molecular weight excluding hydrogens is 366 g/mol. The number of likely N-dealkylation sites (tertiary alicyclic amines) is 2. The molecule has 152 valence electrons. The Morgan fingerprint density at radius 2 is 1.68 bits per heavy atom. The van der Waals surface area contributed by atoms with Crippen LogP contribution in [0.1, 0.15) is 20.8 Å². The molecule has 9 nitrogen and oxygen atoms in total. The fraction of sp³-hybridized carbons (Fsp3) is 0.579. The highest BCUT2D eigenvalue weighted by Crippen LogP contribution is 2.32. The molecule has 2 fully saturated rings. The third-order valence-corrected chi connectivity index (χ3v) is 4.90. The SMILES string of the molecule is CC(C)(C)OC(=O)N1C[C@H]2CN(C(=O)COc3ccccc3[N+](=O)[O-])C[C@H]2C1. The van der Waals surface area contributed by atoms with E-state index in [0.29, 0.717) is 26.2 Å². The number of hydrogen-bond donors (Lipinski definition) is 0. The van der Waals surface area contributed by atoms with Crippen LogP contribution < -0.4 is 4.74 Å². The van der Waals surface area contributed by atoms with Crippen molar-refractivity contribution in [3.63, 3.8) is 0 Å². The molecule has 0 aliphatic carbocycles. The minimum absolute atomic E-state index is 0.0799. The molecule has 0 radical (unpaired) electrons. The molecule has 1 aromatic rings. The highest BCUT2D eigenvalue weighted by Gasteiger charge is 2.44. The summed E-state index contributed by atoms with van der Waals surface area (Å²) < 4.78 is 10.8. The lowest BCUT2D eigenvalue weighted by molar-refractivity contribution is -0.385. The maximum atomic E-state index is 12.5. The van der Waals surface area contributed by atoms with Crippen LogP contribution >= 0.6 is 0 Å². The van der Waals surface area contributed by atoms with Crippen molar-refractivity contribution in [2.24, 2.45) is 11.8 Å². The molecule has 3 rings (SSSR count). The van der Waals surface area contributed by atoms with Crippen LogP contribution in [0.5, 0.6) is 5.75 Å². The molecule has 0 unspecified atom stereocenters. The van der Waals surface area contributed by atoms with Crippen molar-refractivity contribution in [3.05, 3.63) is 34.4 Å². The van der Waals surface area contributed by atoms with Gasteiger partial charge in [-0.15, -0.1) is 0 Å². The highest BCUT2D eigenvalue weighted by atomic mass is 16.6. The van der Waals surface area contributed by atoms with Crippen LogP contribution in [0.4, 0.5) is 10.5 Å². The Kier molecular flexibility index (Phi) is 5.44. The summed E-state index contributed by atoms with van der Waals surface area (Å²) in [6.07, 6.45) is -0.320. The zero-order valence-corrected chi connectivity index (χ0v) is 16.3. The summed E-state index contributed by atoms with van der Waals surface area (Å²) in [6.45, 7) is 7.47. The summed E-state index contributed by atoms with van der Waals surface area (Å²) in [5.41, 5.74) is -0.699. The largest absolute Gasteiger partial charge is 0.477 e. The number of carbonyl (C=O) groups is 2. The van der Waals surface area contributed by atoms with Gasteiger partial charge in [0.2, 0.25) is 0 Å². The van der Waals surface area contributed by atoms with E-state index in [1.807, 2.05) is 20.8 Å². The van der Waals surface area contributed by atoms with E-state index in [1.165, 1.54) is 12.1 Å². The lowest BCUT2D eigenvalue weighted by atomic mass is 10.0. The van der Waals surface area contributed by atoms with E-state index < -0.39 is 10.5 Å². The zero-order valence-electron chi connectivity index (χ0n) is 16.3. The smallest absolute Gasteiger partial charge is 0.410 e. The van der Waals surface area contributed by atoms with Crippen molar-refractivity contribution in [1.82, 2.24) is 9.80 Å². The molecule has 0 spiro atoms. The average molecular weight is 391 g/mol. The van der Waals surface area contributed by atoms with Crippen molar-refractivity contribution < 1.29 is 24.0 Å². The first-order valence-electron chi connectivity index (χ1n) is 9.26. The lowest BCUT2D eigenvalue weighted by Gasteiger charge is -2.26. The fourth-order valence-corrected chi connectivity index (χ4v) is 3.63. The Bertz CT molecular complexity index is 761. The monoisotopic (exact) mass is 391 g/mol. The van der Waals surface area contributed by atoms with E-state index in [4.69, 9.17) is 9.47 Å². The average Bonchev–Trinajstić information content (AvgIpc) is 3.17. The number of fused-ring (bicyclic) bond motifs is 1. The molecule has 9 heteroatoms. The van der Waals surface area contributed by atoms with E-state index >= 15 is 0 Å². The predicted octanol–water partition coefficient (Wildman–Crippen LogP) is 2.30. The summed E-state index contributed by atoms with van der Waals surface area (Å²) in [4.78, 5) is 38.5. The third kappa shape index (κ3) is 4.52. The van der Waals surface area contributed by atoms with E-state index in [9.17, 15) is 19.7 Å². The first-order valence-corrected chi connectivity index (χ1v) is 9.26. The predicted molar refractivity (Wildman–Crippen MR) is 100.0 cm³/mol. The van der Waals surface area contributed by atoms with E-state index in [1.54, 1.807) is 21.9 Å². The van der Waals surface area contributed by atoms with Gasteiger partial charge in [-0.25, -0.2) is 4.79 Å². The van der Waals surface area contributed by atoms with E-state index in [-0.39, 0.29) is 41.9 Å². The van der Waals surface area contributed by atoms with Gasteiger partial charge in [-0.3, -0.25) is 14.9 Å². The van der Waals surface area contributed by atoms with Crippen molar-refractivity contribution in [3.8, 4) is 5.75 Å². The van der Waals surface area contributed by atoms with Crippen LogP contribution in [-0.4, -0.2) is 65.1 Å². The van der Waals surface area contributed by atoms with Gasteiger partial charge < -0.3 is 19.3 Å². The van der Waals surface area contributed by atoms with Gasteiger partial charge in [-0.1, -0.05) is 12.1 Å². The number of nitrogens with zero attached hydrogens (tertiary/aromatic N) is 3. The second-order valence-electron chi connectivity index (χ2n) is 8.22. The number of nitro groups is 1. The van der Waals surface area contributed by atoms with Crippen LogP contribution in [0.3, 0.4) is 0 Å². The van der Waals surface area contributed by atoms with Crippen LogP contribution in [0.15, 0.2) is 24.3 Å². The number of ether oxygens (including phenoxy) is 2. The Morgan fingerprint density at radius 3 is 2.25 bits per heavy atom. The van der Waals surface area contributed by atoms with Gasteiger partial charge in [0.25, 0.3) is 5.91 Å². The summed E-state index contributed by atoms with van der Waals surface area (Å²) in [6, 6.07) is 5.98. The summed E-state index contributed by atoms with van der Waals surface area (Å²) >= 11 is 0. The first-order chi connectivity index (χ1) is 13.1. The Morgan fingerprint density at radius 1 is 1.11 bits per heavy atom. The topological polar surface area (TPSA) is 102 Å². The summed E-state index contributed by atoms with van der Waals surface area (Å²) in [7, 11) is 0. The summed E-state index contributed by atoms with van der Waals surface area (Å²) in [5, 5.41) is 11.0. The van der Waals surface area contributed by atoms with Crippen LogP contribution in [0.25, 0.3) is 0 Å². The second-order valence-corrected chi connectivity index (χ2v) is 8.22. The second kappa shape index (κ2) is 7.65. The van der Waals surface area contributed by atoms with Gasteiger partial charge in [-0.2, -0.15) is 0 Å². The fourth-order valence-electron chi connectivity index (χ4n) is 3.63. The van der Waals surface area contributed by atoms with Gasteiger partial charge in [-0.05, 0) is 26.8 Å². The van der Waals surface area contributed by atoms with Gasteiger partial charge in [0.05, 0.1) is 4.92 Å². The Labute approximate surface area is 163 Å². The van der Waals surface area contributed by atoms with Crippen LogP contribution in [0, 0.1) is 22.0 Å². The number of hydrogen-bond acceptors (Lipinski definition) is 6. The minimum Gasteiger partial charge on any atom is -0.477 e. The Hall–Kier alpha value is -2.84. The van der Waals surface area contributed by atoms with Crippen LogP contribution in [-0.2, 0) is 9.53 Å². The molecule has 0 aromatic heterocycles. The van der Waals surface area contributed by atoms with Crippen molar-refractivity contribution in [1.29, 1.82) is 0 Å². The summed E-state index contributed by atoms with van der Waals surface area (Å²) in [5.74, 6) is 0.290. The molecule has 2 saturated heterocycles. The zero-order chi connectivity index (χ0) is 20.5. The number of para-hydroxylation sites is 2. The first kappa shape index (κ1) is 19.9. The molecule has 2 atom stereocenters. The Balaban J connectivity index is 1.50. The third-order valence-electron chi connectivity index (χ3n) is 4.90. The number of amides is 2. The van der Waals surface area contributed by atoms with Crippen molar-refractivity contribution in [2.75, 3.05) is 32.8 Å². The number of rotatable bonds is 4. The molecule has 0 bridgehead atoms. The molecule has 1 aromatic carbocycles. The number of nitro benzene ring substituents is 1. The normalized spacial score (nSPS) is 21.4. The molecule has 28 heavy (non-hydrogen) atoms. The minimum atomic E-state index is -0.536. The molecule has 2 heterocycles. The maximum absolute atomic E-state index is 12.5. The van der Waals surface area contributed by atoms with Crippen molar-refractivity contribution in [2.45, 2.75) is 26.4 Å².